The standard InChI is InChI=1S/C25H35N5O4/c1-4-22(31)28-18-9-7-8-17(14-18)15-27-24(33)21-13-12-19-10-5-6-11-20(25(34)30(19)21)29-23(32)16(2)26-3/h4,7-9,14,16,19-21,26H,1,5-6,10-13,15H2,2-3H3,(H,27,33)(H,28,31)(H,29,32)/t16-,19-,20-,21-/m0/s1. The van der Waals surface area contributed by atoms with E-state index in [0.29, 0.717) is 18.5 Å². The van der Waals surface area contributed by atoms with Gasteiger partial charge in [0, 0.05) is 18.3 Å². The zero-order valence-electron chi connectivity index (χ0n) is 19.9. The van der Waals surface area contributed by atoms with Gasteiger partial charge >= 0.3 is 0 Å². The average Bonchev–Trinajstić information content (AvgIpc) is 3.25. The molecule has 184 valence electrons. The minimum atomic E-state index is -0.621. The second kappa shape index (κ2) is 11.8. The molecule has 2 saturated heterocycles. The van der Waals surface area contributed by atoms with Gasteiger partial charge in [0.15, 0.2) is 0 Å². The molecule has 34 heavy (non-hydrogen) atoms. The Balaban J connectivity index is 1.67. The van der Waals surface area contributed by atoms with Crippen LogP contribution >= 0.6 is 0 Å². The molecule has 9 nitrogen and oxygen atoms in total. The lowest BCUT2D eigenvalue weighted by Gasteiger charge is -2.35. The monoisotopic (exact) mass is 469 g/mol. The Labute approximate surface area is 200 Å². The van der Waals surface area contributed by atoms with E-state index in [1.165, 1.54) is 6.08 Å². The molecule has 0 aromatic heterocycles. The highest BCUT2D eigenvalue weighted by molar-refractivity contribution is 5.99. The summed E-state index contributed by atoms with van der Waals surface area (Å²) in [6.45, 7) is 5.46. The third-order valence-corrected chi connectivity index (χ3v) is 6.63. The molecule has 1 aromatic carbocycles. The Morgan fingerprint density at radius 2 is 1.94 bits per heavy atom. The first-order valence-electron chi connectivity index (χ1n) is 11.9. The van der Waals surface area contributed by atoms with Crippen molar-refractivity contribution in [1.29, 1.82) is 0 Å². The lowest BCUT2D eigenvalue weighted by atomic mass is 9.98. The van der Waals surface area contributed by atoms with Gasteiger partial charge in [0.25, 0.3) is 0 Å². The Morgan fingerprint density at radius 3 is 2.68 bits per heavy atom. The molecule has 0 radical (unpaired) electrons. The van der Waals surface area contributed by atoms with Crippen LogP contribution in [0.1, 0.15) is 51.0 Å². The molecule has 2 fully saturated rings. The summed E-state index contributed by atoms with van der Waals surface area (Å²) < 4.78 is 0. The van der Waals surface area contributed by atoms with Crippen molar-refractivity contribution in [1.82, 2.24) is 20.9 Å². The highest BCUT2D eigenvalue weighted by atomic mass is 16.2. The highest BCUT2D eigenvalue weighted by Crippen LogP contribution is 2.31. The Kier molecular flexibility index (Phi) is 8.81. The zero-order valence-corrected chi connectivity index (χ0v) is 19.9. The van der Waals surface area contributed by atoms with Crippen molar-refractivity contribution in [2.45, 2.75) is 76.2 Å². The number of nitrogens with zero attached hydrogens (tertiary/aromatic N) is 1. The summed E-state index contributed by atoms with van der Waals surface area (Å²) in [5.74, 6) is -0.903. The molecule has 2 aliphatic rings. The van der Waals surface area contributed by atoms with Crippen molar-refractivity contribution >= 4 is 29.3 Å². The Morgan fingerprint density at radius 1 is 1.18 bits per heavy atom. The maximum absolute atomic E-state index is 13.5. The first-order valence-corrected chi connectivity index (χ1v) is 11.9. The van der Waals surface area contributed by atoms with Gasteiger partial charge in [0.1, 0.15) is 12.1 Å². The number of nitrogens with one attached hydrogen (secondary N) is 4. The molecule has 3 rings (SSSR count). The van der Waals surface area contributed by atoms with E-state index in [2.05, 4.69) is 27.8 Å². The van der Waals surface area contributed by atoms with Gasteiger partial charge in [0.2, 0.25) is 23.6 Å². The van der Waals surface area contributed by atoms with Crippen LogP contribution in [0.25, 0.3) is 0 Å². The minimum Gasteiger partial charge on any atom is -0.350 e. The third-order valence-electron chi connectivity index (χ3n) is 6.63. The van der Waals surface area contributed by atoms with E-state index in [4.69, 9.17) is 0 Å². The van der Waals surface area contributed by atoms with Crippen molar-refractivity contribution < 1.29 is 19.2 Å². The van der Waals surface area contributed by atoms with Gasteiger partial charge in [-0.15, -0.1) is 0 Å². The normalized spacial score (nSPS) is 23.2. The molecule has 2 heterocycles. The number of likely N-dealkylation sites (N-methyl/N-ethyl adjacent to an activating group) is 1. The number of anilines is 1. The fourth-order valence-corrected chi connectivity index (χ4v) is 4.61. The van der Waals surface area contributed by atoms with Crippen molar-refractivity contribution in [2.24, 2.45) is 0 Å². The second-order valence-corrected chi connectivity index (χ2v) is 8.96. The van der Waals surface area contributed by atoms with Crippen LogP contribution < -0.4 is 21.3 Å². The zero-order chi connectivity index (χ0) is 24.7. The number of carbonyl (C=O) groups excluding carboxylic acids is 4. The summed E-state index contributed by atoms with van der Waals surface area (Å²) in [5, 5.41) is 11.4. The predicted molar refractivity (Wildman–Crippen MR) is 130 cm³/mol. The van der Waals surface area contributed by atoms with E-state index >= 15 is 0 Å². The van der Waals surface area contributed by atoms with E-state index in [1.54, 1.807) is 37.1 Å². The number of fused-ring (bicyclic) bond motifs is 1. The second-order valence-electron chi connectivity index (χ2n) is 8.96. The summed E-state index contributed by atoms with van der Waals surface area (Å²) in [4.78, 5) is 52.2. The fraction of sp³-hybridized carbons (Fsp3) is 0.520. The summed E-state index contributed by atoms with van der Waals surface area (Å²) >= 11 is 0. The van der Waals surface area contributed by atoms with Crippen LogP contribution in [0.2, 0.25) is 0 Å². The van der Waals surface area contributed by atoms with E-state index in [9.17, 15) is 19.2 Å². The molecule has 0 unspecified atom stereocenters. The van der Waals surface area contributed by atoms with Crippen molar-refractivity contribution in [2.75, 3.05) is 12.4 Å². The number of hydrogen-bond acceptors (Lipinski definition) is 5. The molecule has 2 aliphatic heterocycles. The van der Waals surface area contributed by atoms with Crippen LogP contribution in [0.5, 0.6) is 0 Å². The van der Waals surface area contributed by atoms with Crippen molar-refractivity contribution in [3.05, 3.63) is 42.5 Å². The maximum Gasteiger partial charge on any atom is 0.247 e. The Bertz CT molecular complexity index is 934. The van der Waals surface area contributed by atoms with Gasteiger partial charge < -0.3 is 26.2 Å². The summed E-state index contributed by atoms with van der Waals surface area (Å²) in [6, 6.07) is 5.64. The lowest BCUT2D eigenvalue weighted by Crippen LogP contribution is -2.57. The van der Waals surface area contributed by atoms with Gasteiger partial charge in [-0.3, -0.25) is 19.2 Å². The van der Waals surface area contributed by atoms with Crippen LogP contribution in [0.4, 0.5) is 5.69 Å². The van der Waals surface area contributed by atoms with Crippen LogP contribution in [-0.4, -0.2) is 59.7 Å². The summed E-state index contributed by atoms with van der Waals surface area (Å²) in [6.07, 6.45) is 5.84. The van der Waals surface area contributed by atoms with Gasteiger partial charge in [0.05, 0.1) is 6.04 Å². The predicted octanol–water partition coefficient (Wildman–Crippen LogP) is 1.45. The molecule has 0 saturated carbocycles. The van der Waals surface area contributed by atoms with Crippen LogP contribution in [0, 0.1) is 0 Å². The highest BCUT2D eigenvalue weighted by Gasteiger charge is 2.43. The number of rotatable bonds is 8. The average molecular weight is 470 g/mol. The molecule has 4 atom stereocenters. The molecule has 0 bridgehead atoms. The molecular weight excluding hydrogens is 434 g/mol. The van der Waals surface area contributed by atoms with E-state index in [1.807, 2.05) is 6.07 Å². The van der Waals surface area contributed by atoms with Gasteiger partial charge in [-0.1, -0.05) is 31.6 Å². The minimum absolute atomic E-state index is 0.0159. The molecule has 4 amide bonds. The fourth-order valence-electron chi connectivity index (χ4n) is 4.61. The smallest absolute Gasteiger partial charge is 0.247 e. The lowest BCUT2D eigenvalue weighted by molar-refractivity contribution is -0.144. The van der Waals surface area contributed by atoms with Crippen LogP contribution in [-0.2, 0) is 25.7 Å². The van der Waals surface area contributed by atoms with E-state index in [0.717, 1.165) is 31.2 Å². The first-order chi connectivity index (χ1) is 16.3. The molecule has 0 spiro atoms. The van der Waals surface area contributed by atoms with Crippen LogP contribution in [0.15, 0.2) is 36.9 Å². The van der Waals surface area contributed by atoms with Gasteiger partial charge in [-0.05, 0) is 63.4 Å². The van der Waals surface area contributed by atoms with Gasteiger partial charge in [-0.2, -0.15) is 0 Å². The first kappa shape index (κ1) is 25.4. The molecule has 1 aromatic rings. The molecular formula is C25H35N5O4. The quantitative estimate of drug-likeness (QED) is 0.430. The van der Waals surface area contributed by atoms with E-state index < -0.39 is 18.1 Å². The van der Waals surface area contributed by atoms with Gasteiger partial charge in [-0.25, -0.2) is 0 Å². The third kappa shape index (κ3) is 6.22. The molecule has 4 N–H and O–H groups in total. The number of amides is 4. The maximum atomic E-state index is 13.5. The van der Waals surface area contributed by atoms with Crippen molar-refractivity contribution in [3.63, 3.8) is 0 Å². The number of carbonyl (C=O) groups is 4. The molecule has 9 heteroatoms. The largest absolute Gasteiger partial charge is 0.350 e. The SMILES string of the molecule is C=CC(=O)Nc1cccc(CNC(=O)[C@@H]2CC[C@@H]3CCCC[C@H](NC(=O)[C@H](C)NC)C(=O)N32)c1. The number of benzene rings is 1. The van der Waals surface area contributed by atoms with E-state index in [-0.39, 0.29) is 36.2 Å². The topological polar surface area (TPSA) is 120 Å². The van der Waals surface area contributed by atoms with Crippen LogP contribution in [0.3, 0.4) is 0 Å². The molecule has 0 aliphatic carbocycles. The summed E-state index contributed by atoms with van der Waals surface area (Å²) in [7, 11) is 1.70. The number of hydrogen-bond donors (Lipinski definition) is 4. The summed E-state index contributed by atoms with van der Waals surface area (Å²) in [5.41, 5.74) is 1.45. The van der Waals surface area contributed by atoms with Crippen molar-refractivity contribution in [3.8, 4) is 0 Å². The Hall–Kier alpha value is -3.20.